The maximum absolute atomic E-state index is 12.9. The molecular formula is C27H22ClIN2O5S. The van der Waals surface area contributed by atoms with Crippen molar-refractivity contribution < 1.29 is 23.9 Å². The summed E-state index contributed by atoms with van der Waals surface area (Å²) in [6, 6.07) is 18.2. The first-order chi connectivity index (χ1) is 17.7. The molecule has 0 saturated carbocycles. The zero-order valence-corrected chi connectivity index (χ0v) is 23.6. The van der Waals surface area contributed by atoms with Crippen molar-refractivity contribution >= 4 is 74.8 Å². The third-order valence-electron chi connectivity index (χ3n) is 5.44. The summed E-state index contributed by atoms with van der Waals surface area (Å²) in [5, 5.41) is 2.90. The highest BCUT2D eigenvalue weighted by Gasteiger charge is 2.36. The van der Waals surface area contributed by atoms with Crippen LogP contribution in [0, 0.1) is 10.5 Å². The molecule has 190 valence electrons. The smallest absolute Gasteiger partial charge is 0.294 e. The summed E-state index contributed by atoms with van der Waals surface area (Å²) in [7, 11) is 1.53. The Bertz CT molecular complexity index is 1390. The Morgan fingerprint density at radius 1 is 1.14 bits per heavy atom. The second kappa shape index (κ2) is 12.0. The first-order valence-electron chi connectivity index (χ1n) is 11.1. The van der Waals surface area contributed by atoms with Crippen molar-refractivity contribution in [3.05, 3.63) is 90.9 Å². The molecule has 3 aromatic carbocycles. The number of nitrogens with one attached hydrogen (secondary N) is 1. The summed E-state index contributed by atoms with van der Waals surface area (Å²) in [5.74, 6) is 0.0864. The number of halogens is 2. The number of aryl methyl sites for hydroxylation is 1. The van der Waals surface area contributed by atoms with Gasteiger partial charge in [-0.1, -0.05) is 41.9 Å². The van der Waals surface area contributed by atoms with E-state index in [0.29, 0.717) is 34.4 Å². The Kier molecular flexibility index (Phi) is 8.78. The Balaban J connectivity index is 1.47. The Morgan fingerprint density at radius 2 is 1.86 bits per heavy atom. The van der Waals surface area contributed by atoms with Crippen molar-refractivity contribution in [1.82, 2.24) is 4.90 Å². The number of imide groups is 1. The number of benzene rings is 3. The number of thioether (sulfide) groups is 1. The topological polar surface area (TPSA) is 84.9 Å². The average Bonchev–Trinajstić information content (AvgIpc) is 3.12. The number of nitrogens with zero attached hydrogens (tertiary/aromatic N) is 1. The van der Waals surface area contributed by atoms with Gasteiger partial charge in [-0.05, 0) is 94.4 Å². The largest absolute Gasteiger partial charge is 0.493 e. The number of amides is 3. The van der Waals surface area contributed by atoms with E-state index in [1.165, 1.54) is 7.11 Å². The number of carbonyl (C=O) groups is 3. The number of hydrogen-bond acceptors (Lipinski definition) is 6. The van der Waals surface area contributed by atoms with Crippen molar-refractivity contribution in [2.45, 2.75) is 13.5 Å². The lowest BCUT2D eigenvalue weighted by Crippen LogP contribution is -2.36. The SMILES string of the molecule is COc1cc(/C=C2/SC(=O)N(CC(=O)Nc3ccccc3C)C2=O)cc(I)c1OCc1ccc(Cl)cc1. The molecule has 1 saturated heterocycles. The number of methoxy groups -OCH3 is 1. The van der Waals surface area contributed by atoms with Crippen LogP contribution in [0.1, 0.15) is 16.7 Å². The molecule has 1 aliphatic rings. The molecule has 1 N–H and O–H groups in total. The molecule has 0 aliphatic carbocycles. The van der Waals surface area contributed by atoms with Gasteiger partial charge >= 0.3 is 0 Å². The predicted molar refractivity (Wildman–Crippen MR) is 154 cm³/mol. The summed E-state index contributed by atoms with van der Waals surface area (Å²) in [6.45, 7) is 1.82. The highest BCUT2D eigenvalue weighted by atomic mass is 127. The van der Waals surface area contributed by atoms with Gasteiger partial charge in [-0.15, -0.1) is 0 Å². The molecule has 0 spiro atoms. The highest BCUT2D eigenvalue weighted by molar-refractivity contribution is 14.1. The van der Waals surface area contributed by atoms with Gasteiger partial charge < -0.3 is 14.8 Å². The van der Waals surface area contributed by atoms with Crippen LogP contribution in [0.25, 0.3) is 6.08 Å². The zero-order chi connectivity index (χ0) is 26.5. The Hall–Kier alpha value is -3.02. The lowest BCUT2D eigenvalue weighted by atomic mass is 10.1. The van der Waals surface area contributed by atoms with Gasteiger partial charge in [0.25, 0.3) is 11.1 Å². The lowest BCUT2D eigenvalue weighted by molar-refractivity contribution is -0.127. The number of carbonyl (C=O) groups excluding carboxylic acids is 3. The molecule has 3 amide bonds. The third kappa shape index (κ3) is 6.65. The monoisotopic (exact) mass is 648 g/mol. The summed E-state index contributed by atoms with van der Waals surface area (Å²) in [4.78, 5) is 39.1. The Morgan fingerprint density at radius 3 is 2.57 bits per heavy atom. The Labute approximate surface area is 237 Å². The normalized spacial score (nSPS) is 14.3. The molecule has 7 nitrogen and oxygen atoms in total. The third-order valence-corrected chi connectivity index (χ3v) is 7.40. The summed E-state index contributed by atoms with van der Waals surface area (Å²) in [6.07, 6.45) is 1.61. The first kappa shape index (κ1) is 27.0. The predicted octanol–water partition coefficient (Wildman–Crippen LogP) is 6.52. The summed E-state index contributed by atoms with van der Waals surface area (Å²) < 4.78 is 12.3. The molecule has 0 radical (unpaired) electrons. The van der Waals surface area contributed by atoms with Gasteiger partial charge in [-0.3, -0.25) is 19.3 Å². The van der Waals surface area contributed by atoms with E-state index in [2.05, 4.69) is 27.9 Å². The fraction of sp³-hybridized carbons (Fsp3) is 0.148. The molecule has 0 atom stereocenters. The molecule has 1 aliphatic heterocycles. The number of rotatable bonds is 8. The fourth-order valence-electron chi connectivity index (χ4n) is 3.53. The fourth-order valence-corrected chi connectivity index (χ4v) is 5.28. The van der Waals surface area contributed by atoms with E-state index in [9.17, 15) is 14.4 Å². The summed E-state index contributed by atoms with van der Waals surface area (Å²) >= 11 is 8.87. The quantitative estimate of drug-likeness (QED) is 0.221. The van der Waals surface area contributed by atoms with E-state index >= 15 is 0 Å². The maximum Gasteiger partial charge on any atom is 0.294 e. The van der Waals surface area contributed by atoms with Gasteiger partial charge in [0.2, 0.25) is 5.91 Å². The van der Waals surface area contributed by atoms with E-state index in [-0.39, 0.29) is 11.4 Å². The molecular weight excluding hydrogens is 627 g/mol. The zero-order valence-electron chi connectivity index (χ0n) is 19.9. The minimum absolute atomic E-state index is 0.223. The van der Waals surface area contributed by atoms with Crippen LogP contribution in [0.15, 0.2) is 65.6 Å². The molecule has 0 unspecified atom stereocenters. The highest BCUT2D eigenvalue weighted by Crippen LogP contribution is 2.37. The van der Waals surface area contributed by atoms with Crippen LogP contribution in [0.2, 0.25) is 5.02 Å². The lowest BCUT2D eigenvalue weighted by Gasteiger charge is -2.14. The molecule has 37 heavy (non-hydrogen) atoms. The van der Waals surface area contributed by atoms with E-state index < -0.39 is 17.1 Å². The van der Waals surface area contributed by atoms with E-state index in [1.54, 1.807) is 36.4 Å². The number of para-hydroxylation sites is 1. The molecule has 10 heteroatoms. The van der Waals surface area contributed by atoms with Crippen LogP contribution in [0.5, 0.6) is 11.5 Å². The number of hydrogen-bond donors (Lipinski definition) is 1. The second-order valence-electron chi connectivity index (χ2n) is 8.08. The van der Waals surface area contributed by atoms with Crippen LogP contribution in [-0.2, 0) is 16.2 Å². The van der Waals surface area contributed by atoms with Gasteiger partial charge in [0.05, 0.1) is 15.6 Å². The molecule has 0 bridgehead atoms. The standard InChI is InChI=1S/C27H22ClIN2O5S/c1-16-5-3-4-6-21(16)30-24(32)14-31-26(33)23(37-27(31)34)13-18-11-20(29)25(22(12-18)35-2)36-15-17-7-9-19(28)10-8-17/h3-13H,14-15H2,1-2H3,(H,30,32)/b23-13+. The van der Waals surface area contributed by atoms with Gasteiger partial charge in [-0.25, -0.2) is 0 Å². The van der Waals surface area contributed by atoms with Crippen LogP contribution in [-0.4, -0.2) is 35.6 Å². The minimum Gasteiger partial charge on any atom is -0.493 e. The van der Waals surface area contributed by atoms with Gasteiger partial charge in [0.1, 0.15) is 13.2 Å². The van der Waals surface area contributed by atoms with E-state index in [0.717, 1.165) is 31.4 Å². The van der Waals surface area contributed by atoms with Crippen LogP contribution >= 0.6 is 46.0 Å². The van der Waals surface area contributed by atoms with Crippen molar-refractivity contribution in [2.24, 2.45) is 0 Å². The van der Waals surface area contributed by atoms with Gasteiger partial charge in [0.15, 0.2) is 11.5 Å². The maximum atomic E-state index is 12.9. The molecule has 3 aromatic rings. The number of anilines is 1. The molecule has 1 fully saturated rings. The van der Waals surface area contributed by atoms with Crippen molar-refractivity contribution in [2.75, 3.05) is 19.0 Å². The van der Waals surface area contributed by atoms with Crippen molar-refractivity contribution in [3.8, 4) is 11.5 Å². The first-order valence-corrected chi connectivity index (χ1v) is 13.4. The van der Waals surface area contributed by atoms with Crippen molar-refractivity contribution in [3.63, 3.8) is 0 Å². The molecule has 0 aromatic heterocycles. The second-order valence-corrected chi connectivity index (χ2v) is 10.7. The molecule has 1 heterocycles. The minimum atomic E-state index is -0.521. The molecule has 4 rings (SSSR count). The van der Waals surface area contributed by atoms with Crippen molar-refractivity contribution in [1.29, 1.82) is 0 Å². The van der Waals surface area contributed by atoms with Gasteiger partial charge in [-0.2, -0.15) is 0 Å². The van der Waals surface area contributed by atoms with E-state index in [1.807, 2.05) is 37.3 Å². The van der Waals surface area contributed by atoms with Crippen LogP contribution < -0.4 is 14.8 Å². The van der Waals surface area contributed by atoms with Gasteiger partial charge in [0, 0.05) is 10.7 Å². The van der Waals surface area contributed by atoms with E-state index in [4.69, 9.17) is 21.1 Å². The van der Waals surface area contributed by atoms with Crippen LogP contribution in [0.3, 0.4) is 0 Å². The summed E-state index contributed by atoms with van der Waals surface area (Å²) in [5.41, 5.74) is 3.13. The van der Waals surface area contributed by atoms with Crippen LogP contribution in [0.4, 0.5) is 10.5 Å². The average molecular weight is 649 g/mol. The number of ether oxygens (including phenoxy) is 2.